The molecule has 6 heteroatoms. The number of nitrogens with zero attached hydrogens (tertiary/aromatic N) is 2. The number of carbonyl (C=O) groups is 2. The van der Waals surface area contributed by atoms with Crippen molar-refractivity contribution >= 4 is 33.6 Å². The Bertz CT molecular complexity index is 1530. The average molecular weight is 511 g/mol. The lowest BCUT2D eigenvalue weighted by Gasteiger charge is -2.19. The lowest BCUT2D eigenvalue weighted by Crippen LogP contribution is -2.27. The second kappa shape index (κ2) is 9.04. The number of aromatic nitrogens is 4. The lowest BCUT2D eigenvalue weighted by molar-refractivity contribution is 0.0897. The van der Waals surface area contributed by atoms with Crippen LogP contribution >= 0.6 is 0 Å². The Hall–Kier alpha value is -3.54. The van der Waals surface area contributed by atoms with Crippen molar-refractivity contribution in [2.24, 2.45) is 0 Å². The number of fused-ring (bicyclic) bond motifs is 8. The van der Waals surface area contributed by atoms with E-state index in [4.69, 9.17) is 9.97 Å². The summed E-state index contributed by atoms with van der Waals surface area (Å²) < 4.78 is 0. The molecular weight excluding hydrogens is 472 g/mol. The third kappa shape index (κ3) is 3.60. The van der Waals surface area contributed by atoms with Gasteiger partial charge in [0.1, 0.15) is 11.4 Å². The minimum Gasteiger partial charge on any atom is -0.355 e. The highest BCUT2D eigenvalue weighted by Gasteiger charge is 2.42. The van der Waals surface area contributed by atoms with Crippen LogP contribution in [0.4, 0.5) is 0 Å². The molecule has 6 nitrogen and oxygen atoms in total. The van der Waals surface area contributed by atoms with Gasteiger partial charge in [-0.25, -0.2) is 9.97 Å². The zero-order valence-corrected chi connectivity index (χ0v) is 23.8. The fraction of sp³-hybridized carbons (Fsp3) is 0.438. The van der Waals surface area contributed by atoms with Gasteiger partial charge in [-0.15, -0.1) is 0 Å². The Morgan fingerprint density at radius 1 is 0.632 bits per heavy atom. The molecule has 38 heavy (non-hydrogen) atoms. The molecule has 0 spiro atoms. The van der Waals surface area contributed by atoms with Crippen LogP contribution in [0, 0.1) is 13.8 Å². The van der Waals surface area contributed by atoms with Gasteiger partial charge in [-0.3, -0.25) is 9.59 Å². The topological polar surface area (TPSA) is 91.5 Å². The van der Waals surface area contributed by atoms with E-state index in [-0.39, 0.29) is 11.6 Å². The number of hydrogen-bond donors (Lipinski definition) is 2. The first kappa shape index (κ1) is 26.1. The second-order valence-corrected chi connectivity index (χ2v) is 11.2. The van der Waals surface area contributed by atoms with Crippen molar-refractivity contribution in [2.75, 3.05) is 0 Å². The number of aryl methyl sites for hydroxylation is 4. The van der Waals surface area contributed by atoms with Gasteiger partial charge in [0, 0.05) is 22.1 Å². The van der Waals surface area contributed by atoms with Crippen molar-refractivity contribution in [3.8, 4) is 0 Å². The van der Waals surface area contributed by atoms with Gasteiger partial charge in [0.05, 0.1) is 22.2 Å². The highest BCUT2D eigenvalue weighted by Crippen LogP contribution is 2.38. The van der Waals surface area contributed by atoms with E-state index < -0.39 is 10.8 Å². The summed E-state index contributed by atoms with van der Waals surface area (Å²) in [5.41, 5.74) is 9.18. The monoisotopic (exact) mass is 510 g/mol. The highest BCUT2D eigenvalue weighted by atomic mass is 16.1. The van der Waals surface area contributed by atoms with Crippen LogP contribution < -0.4 is 0 Å². The van der Waals surface area contributed by atoms with Crippen molar-refractivity contribution in [3.63, 3.8) is 0 Å². The van der Waals surface area contributed by atoms with E-state index in [2.05, 4.69) is 37.7 Å². The Morgan fingerprint density at radius 3 is 1.32 bits per heavy atom. The number of aromatic amines is 2. The predicted octanol–water partition coefficient (Wildman–Crippen LogP) is 7.16. The van der Waals surface area contributed by atoms with Crippen LogP contribution in [0.1, 0.15) is 109 Å². The highest BCUT2D eigenvalue weighted by molar-refractivity contribution is 6.06. The van der Waals surface area contributed by atoms with Gasteiger partial charge in [0.15, 0.2) is 11.6 Å². The standard InChI is InChI=1S/C32H38N4O2/c1-9-19-17(5)21-13-25-29(37)32(8,12-4)28(36-25)16-24-20(10-2)18(6)22(34-24)14-26-30(38)31(7,11-3)27(35-26)15-23(19)33-21/h13-16,33-34H,9-12H2,1-8H3. The molecule has 5 heterocycles. The van der Waals surface area contributed by atoms with E-state index in [0.29, 0.717) is 24.2 Å². The molecule has 2 atom stereocenters. The number of nitrogens with one attached hydrogen (secondary N) is 2. The van der Waals surface area contributed by atoms with Crippen molar-refractivity contribution in [3.05, 3.63) is 69.3 Å². The van der Waals surface area contributed by atoms with Crippen molar-refractivity contribution in [1.82, 2.24) is 19.9 Å². The average Bonchev–Trinajstić information content (AvgIpc) is 3.52. The molecule has 0 aromatic carbocycles. The van der Waals surface area contributed by atoms with E-state index in [9.17, 15) is 9.59 Å². The first-order chi connectivity index (χ1) is 18.0. The molecule has 0 aliphatic carbocycles. The molecule has 0 radical (unpaired) electrons. The maximum atomic E-state index is 13.7. The van der Waals surface area contributed by atoms with Crippen LogP contribution in [0.25, 0.3) is 22.1 Å². The fourth-order valence-corrected chi connectivity index (χ4v) is 6.02. The Kier molecular flexibility index (Phi) is 6.20. The van der Waals surface area contributed by atoms with E-state index in [1.54, 1.807) is 0 Å². The minimum absolute atomic E-state index is 0.0457. The van der Waals surface area contributed by atoms with Gasteiger partial charge in [-0.05, 0) is 99.9 Å². The minimum atomic E-state index is -0.700. The van der Waals surface area contributed by atoms with Gasteiger partial charge in [-0.1, -0.05) is 27.7 Å². The molecule has 2 aliphatic heterocycles. The van der Waals surface area contributed by atoms with Crippen LogP contribution in [-0.4, -0.2) is 31.5 Å². The molecule has 3 aromatic rings. The van der Waals surface area contributed by atoms with E-state index in [1.165, 1.54) is 0 Å². The molecule has 2 unspecified atom stereocenters. The molecule has 0 fully saturated rings. The summed E-state index contributed by atoms with van der Waals surface area (Å²) in [6.07, 6.45) is 2.94. The largest absolute Gasteiger partial charge is 0.355 e. The number of H-pyrrole nitrogens is 2. The Balaban J connectivity index is 2.01. The number of carbonyl (C=O) groups excluding carboxylic acids is 2. The van der Waals surface area contributed by atoms with Gasteiger partial charge >= 0.3 is 0 Å². The first-order valence-electron chi connectivity index (χ1n) is 13.9. The molecular formula is C32H38N4O2. The van der Waals surface area contributed by atoms with E-state index in [0.717, 1.165) is 68.6 Å². The smallest absolute Gasteiger partial charge is 0.193 e. The molecule has 5 rings (SSSR count). The zero-order valence-electron chi connectivity index (χ0n) is 23.8. The van der Waals surface area contributed by atoms with E-state index >= 15 is 0 Å². The van der Waals surface area contributed by atoms with Crippen LogP contribution in [0.15, 0.2) is 24.3 Å². The molecule has 198 valence electrons. The summed E-state index contributed by atoms with van der Waals surface area (Å²) in [6.45, 7) is 16.4. The molecule has 2 aliphatic rings. The maximum Gasteiger partial charge on any atom is 0.193 e. The molecule has 0 amide bonds. The van der Waals surface area contributed by atoms with Gasteiger partial charge in [-0.2, -0.15) is 0 Å². The molecule has 0 saturated heterocycles. The quantitative estimate of drug-likeness (QED) is 0.390. The van der Waals surface area contributed by atoms with Crippen LogP contribution in [0.2, 0.25) is 0 Å². The second-order valence-electron chi connectivity index (χ2n) is 11.2. The van der Waals surface area contributed by atoms with Crippen LogP contribution in [-0.2, 0) is 23.7 Å². The number of hydrogen-bond acceptors (Lipinski definition) is 4. The maximum absolute atomic E-state index is 13.7. The van der Waals surface area contributed by atoms with Crippen LogP contribution in [0.3, 0.4) is 0 Å². The SMILES string of the molecule is CCc1c(C)c2cc3nc(cc4[nH]c(cc5nc(cc1[nH]2)C(C)(CC)C5=O)c(C)c4CC)C(C)(CC)C3=O. The van der Waals surface area contributed by atoms with Gasteiger partial charge in [0.2, 0.25) is 0 Å². The zero-order chi connectivity index (χ0) is 27.6. The molecule has 2 N–H and O–H groups in total. The molecule has 8 bridgehead atoms. The van der Waals surface area contributed by atoms with Crippen molar-refractivity contribution in [1.29, 1.82) is 0 Å². The van der Waals surface area contributed by atoms with E-state index in [1.807, 2.05) is 52.0 Å². The summed E-state index contributed by atoms with van der Waals surface area (Å²) >= 11 is 0. The van der Waals surface area contributed by atoms with Crippen molar-refractivity contribution < 1.29 is 9.59 Å². The van der Waals surface area contributed by atoms with Crippen LogP contribution in [0.5, 0.6) is 0 Å². The van der Waals surface area contributed by atoms with Gasteiger partial charge < -0.3 is 9.97 Å². The Morgan fingerprint density at radius 2 is 1.00 bits per heavy atom. The first-order valence-corrected chi connectivity index (χ1v) is 13.9. The summed E-state index contributed by atoms with van der Waals surface area (Å²) in [6, 6.07) is 7.85. The predicted molar refractivity (Wildman–Crippen MR) is 153 cm³/mol. The number of Topliss-reactive ketones (excluding diaryl/α,β-unsaturated/α-hetero) is 2. The van der Waals surface area contributed by atoms with Crippen molar-refractivity contribution in [2.45, 2.75) is 91.9 Å². The fourth-order valence-electron chi connectivity index (χ4n) is 6.02. The third-order valence-corrected chi connectivity index (χ3v) is 9.23. The summed E-state index contributed by atoms with van der Waals surface area (Å²) in [5, 5.41) is 0. The normalized spacial score (nSPS) is 21.4. The van der Waals surface area contributed by atoms with Gasteiger partial charge in [0.25, 0.3) is 0 Å². The Labute approximate surface area is 224 Å². The summed E-state index contributed by atoms with van der Waals surface area (Å²) in [7, 11) is 0. The molecule has 3 aromatic heterocycles. The lowest BCUT2D eigenvalue weighted by atomic mass is 9.80. The summed E-state index contributed by atoms with van der Waals surface area (Å²) in [5.74, 6) is 0.0915. The third-order valence-electron chi connectivity index (χ3n) is 9.23. The summed E-state index contributed by atoms with van der Waals surface area (Å²) in [4.78, 5) is 44.3. The number of rotatable bonds is 4. The molecule has 0 saturated carbocycles. The number of ketones is 2.